The normalized spacial score (nSPS) is 18.1. The van der Waals surface area contributed by atoms with Gasteiger partial charge in [-0.1, -0.05) is 26.2 Å². The van der Waals surface area contributed by atoms with Crippen molar-refractivity contribution >= 4 is 21.6 Å². The van der Waals surface area contributed by atoms with E-state index in [1.54, 1.807) is 10.4 Å². The van der Waals surface area contributed by atoms with Crippen LogP contribution in [0, 0.1) is 0 Å². The minimum atomic E-state index is -3.53. The van der Waals surface area contributed by atoms with Crippen molar-refractivity contribution in [3.63, 3.8) is 0 Å². The number of nitrogens with zero attached hydrogens (tertiary/aromatic N) is 1. The largest absolute Gasteiger partial charge is 0.447 e. The van der Waals surface area contributed by atoms with E-state index in [1.165, 1.54) is 12.5 Å². The van der Waals surface area contributed by atoms with Crippen LogP contribution in [0.25, 0.3) is 0 Å². The van der Waals surface area contributed by atoms with Gasteiger partial charge in [0.2, 0.25) is 5.09 Å². The molecule has 0 atom stereocenters. The maximum absolute atomic E-state index is 12.6. The fourth-order valence-electron chi connectivity index (χ4n) is 2.68. The quantitative estimate of drug-likeness (QED) is 0.784. The summed E-state index contributed by atoms with van der Waals surface area (Å²) in [5.74, 6) is 0.672. The van der Waals surface area contributed by atoms with E-state index in [1.807, 2.05) is 6.92 Å². The summed E-state index contributed by atoms with van der Waals surface area (Å²) < 4.78 is 32.0. The second-order valence-corrected chi connectivity index (χ2v) is 6.94. The average molecular weight is 306 g/mol. The van der Waals surface area contributed by atoms with Gasteiger partial charge >= 0.3 is 0 Å². The summed E-state index contributed by atoms with van der Waals surface area (Å²) in [7, 11) is -3.53. The molecule has 1 aromatic rings. The molecule has 0 bridgehead atoms. The molecule has 0 aromatic carbocycles. The molecule has 0 unspecified atom stereocenters. The van der Waals surface area contributed by atoms with E-state index < -0.39 is 10.0 Å². The minimum absolute atomic E-state index is 0.00979. The molecular formula is C13H20ClNO3S. The first-order valence-electron chi connectivity index (χ1n) is 6.76. The monoisotopic (exact) mass is 305 g/mol. The molecule has 1 heterocycles. The Morgan fingerprint density at radius 2 is 2.00 bits per heavy atom. The summed E-state index contributed by atoms with van der Waals surface area (Å²) in [6.07, 6.45) is 5.28. The maximum atomic E-state index is 12.6. The van der Waals surface area contributed by atoms with Gasteiger partial charge < -0.3 is 4.42 Å². The van der Waals surface area contributed by atoms with Crippen LogP contribution in [0.5, 0.6) is 0 Å². The first kappa shape index (κ1) is 14.9. The van der Waals surface area contributed by atoms with Crippen molar-refractivity contribution in [3.8, 4) is 0 Å². The topological polar surface area (TPSA) is 50.5 Å². The molecule has 0 amide bonds. The van der Waals surface area contributed by atoms with Gasteiger partial charge in [-0.25, -0.2) is 8.42 Å². The van der Waals surface area contributed by atoms with E-state index in [-0.39, 0.29) is 17.0 Å². The van der Waals surface area contributed by atoms with Gasteiger partial charge in [-0.05, 0) is 25.0 Å². The Morgan fingerprint density at radius 1 is 1.32 bits per heavy atom. The summed E-state index contributed by atoms with van der Waals surface area (Å²) in [6.45, 7) is 2.35. The van der Waals surface area contributed by atoms with Gasteiger partial charge in [0.05, 0.1) is 5.88 Å². The third-order valence-electron chi connectivity index (χ3n) is 3.63. The number of sulfonamides is 1. The summed E-state index contributed by atoms with van der Waals surface area (Å²) >= 11 is 5.65. The number of furan rings is 1. The summed E-state index contributed by atoms with van der Waals surface area (Å²) in [5.41, 5.74) is 0. The van der Waals surface area contributed by atoms with Gasteiger partial charge in [0.1, 0.15) is 5.76 Å². The van der Waals surface area contributed by atoms with Crippen molar-refractivity contribution in [2.75, 3.05) is 6.54 Å². The fourth-order valence-corrected chi connectivity index (χ4v) is 4.45. The number of hydrogen-bond donors (Lipinski definition) is 0. The maximum Gasteiger partial charge on any atom is 0.276 e. The molecule has 0 N–H and O–H groups in total. The van der Waals surface area contributed by atoms with Crippen molar-refractivity contribution in [3.05, 3.63) is 17.9 Å². The number of rotatable bonds is 5. The van der Waals surface area contributed by atoms with E-state index >= 15 is 0 Å². The van der Waals surface area contributed by atoms with Crippen molar-refractivity contribution in [2.24, 2.45) is 0 Å². The minimum Gasteiger partial charge on any atom is -0.447 e. The lowest BCUT2D eigenvalue weighted by molar-refractivity contribution is 0.255. The zero-order valence-corrected chi connectivity index (χ0v) is 12.7. The molecule has 0 spiro atoms. The van der Waals surface area contributed by atoms with Crippen LogP contribution in [-0.4, -0.2) is 25.3 Å². The van der Waals surface area contributed by atoms with Crippen molar-refractivity contribution in [1.29, 1.82) is 0 Å². The third-order valence-corrected chi connectivity index (χ3v) is 5.79. The number of alkyl halides is 1. The van der Waals surface area contributed by atoms with Gasteiger partial charge in [0, 0.05) is 12.6 Å². The molecule has 1 fully saturated rings. The van der Waals surface area contributed by atoms with Crippen LogP contribution in [0.3, 0.4) is 0 Å². The third kappa shape index (κ3) is 3.15. The summed E-state index contributed by atoms with van der Waals surface area (Å²) in [6, 6.07) is 3.22. The van der Waals surface area contributed by atoms with Crippen molar-refractivity contribution < 1.29 is 12.8 Å². The van der Waals surface area contributed by atoms with E-state index in [2.05, 4.69) is 0 Å². The molecule has 4 nitrogen and oxygen atoms in total. The fraction of sp³-hybridized carbons (Fsp3) is 0.692. The lowest BCUT2D eigenvalue weighted by Crippen LogP contribution is -2.41. The molecule has 0 radical (unpaired) electrons. The lowest BCUT2D eigenvalue weighted by atomic mass is 9.95. The molecule has 1 aromatic heterocycles. The molecule has 1 aliphatic rings. The predicted octanol–water partition coefficient (Wildman–Crippen LogP) is 3.36. The zero-order chi connectivity index (χ0) is 13.9. The molecule has 1 aliphatic carbocycles. The Bertz CT molecular complexity index is 506. The van der Waals surface area contributed by atoms with E-state index in [9.17, 15) is 8.42 Å². The summed E-state index contributed by atoms with van der Waals surface area (Å²) in [4.78, 5) is 0. The number of hydrogen-bond acceptors (Lipinski definition) is 3. The van der Waals surface area contributed by atoms with Gasteiger partial charge in [-0.2, -0.15) is 4.31 Å². The Hall–Kier alpha value is -0.520. The van der Waals surface area contributed by atoms with Crippen LogP contribution < -0.4 is 0 Å². The highest BCUT2D eigenvalue weighted by Crippen LogP contribution is 2.28. The van der Waals surface area contributed by atoms with Crippen LogP contribution in [0.2, 0.25) is 0 Å². The highest BCUT2D eigenvalue weighted by atomic mass is 35.5. The molecule has 6 heteroatoms. The smallest absolute Gasteiger partial charge is 0.276 e. The standard InChI is InChI=1S/C13H20ClNO3S/c1-2-15(11-6-4-3-5-7-11)19(16,17)13-9-8-12(10-14)18-13/h8-9,11H,2-7,10H2,1H3. The molecule has 0 saturated heterocycles. The van der Waals surface area contributed by atoms with Crippen LogP contribution in [-0.2, 0) is 15.9 Å². The Morgan fingerprint density at radius 3 is 2.53 bits per heavy atom. The lowest BCUT2D eigenvalue weighted by Gasteiger charge is -2.31. The van der Waals surface area contributed by atoms with Crippen LogP contribution in [0.4, 0.5) is 0 Å². The summed E-state index contributed by atoms with van der Waals surface area (Å²) in [5, 5.41) is 0.00979. The van der Waals surface area contributed by atoms with Crippen LogP contribution in [0.15, 0.2) is 21.6 Å². The van der Waals surface area contributed by atoms with Crippen molar-refractivity contribution in [2.45, 2.75) is 56.0 Å². The number of halogens is 1. The first-order chi connectivity index (χ1) is 9.09. The van der Waals surface area contributed by atoms with E-state index in [0.29, 0.717) is 12.3 Å². The molecule has 0 aliphatic heterocycles. The SMILES string of the molecule is CCN(C1CCCCC1)S(=O)(=O)c1ccc(CCl)o1. The second kappa shape index (κ2) is 6.29. The molecule has 108 valence electrons. The van der Waals surface area contributed by atoms with E-state index in [4.69, 9.17) is 16.0 Å². The predicted molar refractivity (Wildman–Crippen MR) is 74.7 cm³/mol. The van der Waals surface area contributed by atoms with Crippen LogP contribution in [0.1, 0.15) is 44.8 Å². The first-order valence-corrected chi connectivity index (χ1v) is 8.73. The van der Waals surface area contributed by atoms with Crippen molar-refractivity contribution in [1.82, 2.24) is 4.31 Å². The van der Waals surface area contributed by atoms with Gasteiger partial charge in [-0.15, -0.1) is 11.6 Å². The Balaban J connectivity index is 2.24. The van der Waals surface area contributed by atoms with Crippen LogP contribution >= 0.6 is 11.6 Å². The van der Waals surface area contributed by atoms with E-state index in [0.717, 1.165) is 25.7 Å². The molecule has 1 saturated carbocycles. The Kier molecular flexibility index (Phi) is 4.92. The van der Waals surface area contributed by atoms with Gasteiger partial charge in [0.25, 0.3) is 10.0 Å². The highest BCUT2D eigenvalue weighted by molar-refractivity contribution is 7.89. The van der Waals surface area contributed by atoms with Gasteiger partial charge in [-0.3, -0.25) is 0 Å². The van der Waals surface area contributed by atoms with Gasteiger partial charge in [0.15, 0.2) is 0 Å². The molecular weight excluding hydrogens is 286 g/mol. The average Bonchev–Trinajstić information content (AvgIpc) is 2.90. The molecule has 19 heavy (non-hydrogen) atoms. The highest BCUT2D eigenvalue weighted by Gasteiger charge is 2.33. The Labute approximate surface area is 119 Å². The molecule has 2 rings (SSSR count). The second-order valence-electron chi connectivity index (χ2n) is 4.85. The zero-order valence-electron chi connectivity index (χ0n) is 11.1.